The first-order chi connectivity index (χ1) is 11.4. The predicted octanol–water partition coefficient (Wildman–Crippen LogP) is -0.232. The van der Waals surface area contributed by atoms with E-state index in [2.05, 4.69) is 10.6 Å². The van der Waals surface area contributed by atoms with Crippen molar-refractivity contribution < 1.29 is 19.2 Å². The number of rotatable bonds is 4. The largest absolute Gasteiger partial charge is 0.349 e. The highest BCUT2D eigenvalue weighted by Crippen LogP contribution is 2.22. The van der Waals surface area contributed by atoms with Crippen molar-refractivity contribution in [2.24, 2.45) is 0 Å². The summed E-state index contributed by atoms with van der Waals surface area (Å²) >= 11 is 0. The van der Waals surface area contributed by atoms with E-state index >= 15 is 0 Å². The van der Waals surface area contributed by atoms with Gasteiger partial charge in [0.05, 0.1) is 12.6 Å². The Morgan fingerprint density at radius 3 is 2.75 bits per heavy atom. The van der Waals surface area contributed by atoms with Gasteiger partial charge in [0.15, 0.2) is 0 Å². The number of urea groups is 1. The molecule has 1 aromatic carbocycles. The molecule has 0 aromatic heterocycles. The molecule has 0 radical (unpaired) electrons. The Kier molecular flexibility index (Phi) is 4.20. The molecule has 0 unspecified atom stereocenters. The number of nitrogens with zero attached hydrogens (tertiary/aromatic N) is 2. The third kappa shape index (κ3) is 3.22. The molecule has 2 fully saturated rings. The zero-order valence-corrected chi connectivity index (χ0v) is 13.2. The van der Waals surface area contributed by atoms with Gasteiger partial charge in [0.25, 0.3) is 5.91 Å². The van der Waals surface area contributed by atoms with Gasteiger partial charge in [-0.25, -0.2) is 4.79 Å². The van der Waals surface area contributed by atoms with Crippen LogP contribution < -0.4 is 15.5 Å². The molecule has 8 nitrogen and oxygen atoms in total. The van der Waals surface area contributed by atoms with Gasteiger partial charge in [-0.05, 0) is 24.6 Å². The molecular formula is C16H18N4O4. The number of hydrogen-bond donors (Lipinski definition) is 2. The standard InChI is InChI=1S/C16H18N4O4/c1-10-3-2-4-12(5-10)19-8-11(6-14(19)22)18-13(21)9-20-15(23)7-17-16(20)24/h2-5,11H,6-9H2,1H3,(H,17,24)(H,18,21)/t11-/m0/s1. The zero-order chi connectivity index (χ0) is 17.3. The molecule has 126 valence electrons. The summed E-state index contributed by atoms with van der Waals surface area (Å²) in [6, 6.07) is 6.67. The third-order valence-corrected chi connectivity index (χ3v) is 4.04. The number of aryl methyl sites for hydroxylation is 1. The van der Waals surface area contributed by atoms with E-state index in [0.29, 0.717) is 6.54 Å². The lowest BCUT2D eigenvalue weighted by Gasteiger charge is -2.18. The van der Waals surface area contributed by atoms with Crippen LogP contribution in [0.4, 0.5) is 10.5 Å². The van der Waals surface area contributed by atoms with Crippen molar-refractivity contribution in [3.63, 3.8) is 0 Å². The fraction of sp³-hybridized carbons (Fsp3) is 0.375. The molecule has 2 saturated heterocycles. The molecule has 1 aromatic rings. The summed E-state index contributed by atoms with van der Waals surface area (Å²) in [6.07, 6.45) is 0.194. The SMILES string of the molecule is Cc1cccc(N2C[C@@H](NC(=O)CN3C(=O)CNC3=O)CC2=O)c1. The highest BCUT2D eigenvalue weighted by atomic mass is 16.2. The van der Waals surface area contributed by atoms with Crippen LogP contribution in [-0.4, -0.2) is 54.3 Å². The first-order valence-corrected chi connectivity index (χ1v) is 7.68. The summed E-state index contributed by atoms with van der Waals surface area (Å²) in [5.74, 6) is -0.954. The van der Waals surface area contributed by atoms with Crippen molar-refractivity contribution >= 4 is 29.4 Å². The van der Waals surface area contributed by atoms with Crippen molar-refractivity contribution in [1.29, 1.82) is 0 Å². The molecule has 0 saturated carbocycles. The second kappa shape index (κ2) is 6.31. The molecule has 0 aliphatic carbocycles. The summed E-state index contributed by atoms with van der Waals surface area (Å²) in [6.45, 7) is 1.89. The van der Waals surface area contributed by atoms with Gasteiger partial charge in [0.2, 0.25) is 11.8 Å². The van der Waals surface area contributed by atoms with Crippen molar-refractivity contribution in [3.05, 3.63) is 29.8 Å². The summed E-state index contributed by atoms with van der Waals surface area (Å²) in [7, 11) is 0. The molecule has 2 aliphatic heterocycles. The van der Waals surface area contributed by atoms with Crippen LogP contribution in [0.1, 0.15) is 12.0 Å². The maximum Gasteiger partial charge on any atom is 0.325 e. The van der Waals surface area contributed by atoms with Gasteiger partial charge in [-0.1, -0.05) is 12.1 Å². The minimum Gasteiger partial charge on any atom is -0.349 e. The Hall–Kier alpha value is -2.90. The van der Waals surface area contributed by atoms with Crippen molar-refractivity contribution in [2.45, 2.75) is 19.4 Å². The summed E-state index contributed by atoms with van der Waals surface area (Å²) < 4.78 is 0. The van der Waals surface area contributed by atoms with Crippen molar-refractivity contribution in [1.82, 2.24) is 15.5 Å². The lowest BCUT2D eigenvalue weighted by Crippen LogP contribution is -2.45. The fourth-order valence-electron chi connectivity index (χ4n) is 2.88. The normalized spacial score (nSPS) is 20.5. The van der Waals surface area contributed by atoms with E-state index in [9.17, 15) is 19.2 Å². The highest BCUT2D eigenvalue weighted by Gasteiger charge is 2.34. The maximum absolute atomic E-state index is 12.2. The molecule has 24 heavy (non-hydrogen) atoms. The van der Waals surface area contributed by atoms with Crippen molar-refractivity contribution in [2.75, 3.05) is 24.5 Å². The van der Waals surface area contributed by atoms with Crippen molar-refractivity contribution in [3.8, 4) is 0 Å². The number of anilines is 1. The number of carbonyl (C=O) groups excluding carboxylic acids is 4. The molecule has 3 rings (SSSR count). The van der Waals surface area contributed by atoms with Gasteiger partial charge < -0.3 is 15.5 Å². The van der Waals surface area contributed by atoms with E-state index in [4.69, 9.17) is 0 Å². The number of hydrogen-bond acceptors (Lipinski definition) is 4. The highest BCUT2D eigenvalue weighted by molar-refractivity contribution is 6.04. The lowest BCUT2D eigenvalue weighted by molar-refractivity contribution is -0.131. The second-order valence-corrected chi connectivity index (χ2v) is 5.95. The van der Waals surface area contributed by atoms with Crippen LogP contribution >= 0.6 is 0 Å². The number of carbonyl (C=O) groups is 4. The van der Waals surface area contributed by atoms with Gasteiger partial charge in [0.1, 0.15) is 6.54 Å². The molecule has 2 N–H and O–H groups in total. The lowest BCUT2D eigenvalue weighted by atomic mass is 10.2. The van der Waals surface area contributed by atoms with Crippen LogP contribution in [0, 0.1) is 6.92 Å². The van der Waals surface area contributed by atoms with Crippen LogP contribution in [0.2, 0.25) is 0 Å². The van der Waals surface area contributed by atoms with Crippen LogP contribution in [0.15, 0.2) is 24.3 Å². The Morgan fingerprint density at radius 2 is 2.08 bits per heavy atom. The maximum atomic E-state index is 12.2. The number of nitrogens with one attached hydrogen (secondary N) is 2. The molecule has 5 amide bonds. The average molecular weight is 330 g/mol. The number of benzene rings is 1. The van der Waals surface area contributed by atoms with Crippen LogP contribution in [0.3, 0.4) is 0 Å². The molecule has 2 heterocycles. The fourth-order valence-corrected chi connectivity index (χ4v) is 2.88. The molecule has 2 aliphatic rings. The van der Waals surface area contributed by atoms with Gasteiger partial charge in [-0.2, -0.15) is 0 Å². The predicted molar refractivity (Wildman–Crippen MR) is 85.2 cm³/mol. The third-order valence-electron chi connectivity index (χ3n) is 4.04. The van der Waals surface area contributed by atoms with Gasteiger partial charge >= 0.3 is 6.03 Å². The first kappa shape index (κ1) is 16.0. The minimum absolute atomic E-state index is 0.0686. The Bertz CT molecular complexity index is 702. The van der Waals surface area contributed by atoms with E-state index < -0.39 is 17.8 Å². The first-order valence-electron chi connectivity index (χ1n) is 7.68. The molecule has 8 heteroatoms. The zero-order valence-electron chi connectivity index (χ0n) is 13.2. The molecule has 1 atom stereocenters. The molecular weight excluding hydrogens is 312 g/mol. The minimum atomic E-state index is -0.570. The molecule has 0 spiro atoms. The summed E-state index contributed by atoms with van der Waals surface area (Å²) in [5.41, 5.74) is 1.84. The van der Waals surface area contributed by atoms with E-state index in [-0.39, 0.29) is 31.5 Å². The number of imide groups is 1. The van der Waals surface area contributed by atoms with Crippen LogP contribution in [0.5, 0.6) is 0 Å². The monoisotopic (exact) mass is 330 g/mol. The Balaban J connectivity index is 1.59. The van der Waals surface area contributed by atoms with E-state index in [1.165, 1.54) is 0 Å². The van der Waals surface area contributed by atoms with E-state index in [1.54, 1.807) is 4.90 Å². The Labute approximate surface area is 138 Å². The van der Waals surface area contributed by atoms with E-state index in [1.807, 2.05) is 31.2 Å². The average Bonchev–Trinajstić information content (AvgIpc) is 3.04. The smallest absolute Gasteiger partial charge is 0.325 e. The second-order valence-electron chi connectivity index (χ2n) is 5.95. The molecule has 0 bridgehead atoms. The van der Waals surface area contributed by atoms with Crippen LogP contribution in [-0.2, 0) is 14.4 Å². The van der Waals surface area contributed by atoms with E-state index in [0.717, 1.165) is 16.2 Å². The van der Waals surface area contributed by atoms with Gasteiger partial charge in [-0.15, -0.1) is 0 Å². The summed E-state index contributed by atoms with van der Waals surface area (Å²) in [5, 5.41) is 5.07. The van der Waals surface area contributed by atoms with Gasteiger partial charge in [-0.3, -0.25) is 19.3 Å². The summed E-state index contributed by atoms with van der Waals surface area (Å²) in [4.78, 5) is 49.6. The van der Waals surface area contributed by atoms with Gasteiger partial charge in [0, 0.05) is 18.7 Å². The topological polar surface area (TPSA) is 98.8 Å². The number of amides is 5. The van der Waals surface area contributed by atoms with Crippen LogP contribution in [0.25, 0.3) is 0 Å². The Morgan fingerprint density at radius 1 is 1.29 bits per heavy atom. The quantitative estimate of drug-likeness (QED) is 0.745.